The first-order valence-corrected chi connectivity index (χ1v) is 3.06. The Bertz CT molecular complexity index is 118. The Hall–Kier alpha value is 0.560. The largest absolute Gasteiger partial charge is 1.00 e. The SMILES string of the molecule is CC(C)(CCl)NC(=O)[O-].[Na+]. The third-order valence-corrected chi connectivity index (χ3v) is 1.44. The molecule has 0 bridgehead atoms. The van der Waals surface area contributed by atoms with Crippen LogP contribution in [0.5, 0.6) is 0 Å². The zero-order valence-corrected chi connectivity index (χ0v) is 9.16. The summed E-state index contributed by atoms with van der Waals surface area (Å²) >= 11 is 5.38. The maximum absolute atomic E-state index is 9.89. The summed E-state index contributed by atoms with van der Waals surface area (Å²) in [7, 11) is 0. The van der Waals surface area contributed by atoms with E-state index in [0.717, 1.165) is 0 Å². The number of alkyl halides is 1. The minimum absolute atomic E-state index is 0. The van der Waals surface area contributed by atoms with Gasteiger partial charge in [-0.15, -0.1) is 11.6 Å². The maximum atomic E-state index is 9.89. The number of nitrogens with one attached hydrogen (secondary N) is 1. The summed E-state index contributed by atoms with van der Waals surface area (Å²) < 4.78 is 0. The van der Waals surface area contributed by atoms with Crippen LogP contribution in [0.15, 0.2) is 0 Å². The van der Waals surface area contributed by atoms with Crippen molar-refractivity contribution in [3.63, 3.8) is 0 Å². The van der Waals surface area contributed by atoms with Gasteiger partial charge in [0.05, 0.1) is 0 Å². The van der Waals surface area contributed by atoms with Gasteiger partial charge < -0.3 is 15.2 Å². The first-order chi connectivity index (χ1) is 3.98. The van der Waals surface area contributed by atoms with Crippen molar-refractivity contribution >= 4 is 17.7 Å². The molecule has 0 aliphatic heterocycles. The van der Waals surface area contributed by atoms with Crippen LogP contribution >= 0.6 is 11.6 Å². The molecule has 3 nitrogen and oxygen atoms in total. The van der Waals surface area contributed by atoms with E-state index in [2.05, 4.69) is 5.32 Å². The van der Waals surface area contributed by atoms with E-state index in [1.807, 2.05) is 0 Å². The van der Waals surface area contributed by atoms with Gasteiger partial charge in [-0.1, -0.05) is 0 Å². The average molecular weight is 174 g/mol. The number of amides is 1. The number of rotatable bonds is 2. The molecule has 0 aliphatic rings. The van der Waals surface area contributed by atoms with Crippen LogP contribution in [0.3, 0.4) is 0 Å². The fourth-order valence-electron chi connectivity index (χ4n) is 0.310. The molecule has 5 heteroatoms. The number of carbonyl (C=O) groups is 1. The molecule has 0 spiro atoms. The minimum atomic E-state index is -1.29. The summed E-state index contributed by atoms with van der Waals surface area (Å²) in [5, 5.41) is 12.0. The molecular weight excluding hydrogens is 165 g/mol. The van der Waals surface area contributed by atoms with Gasteiger partial charge in [-0.25, -0.2) is 0 Å². The molecule has 0 saturated carbocycles. The van der Waals surface area contributed by atoms with Crippen molar-refractivity contribution < 1.29 is 39.5 Å². The van der Waals surface area contributed by atoms with Gasteiger partial charge in [-0.3, -0.25) is 0 Å². The first-order valence-electron chi connectivity index (χ1n) is 2.53. The van der Waals surface area contributed by atoms with Crippen LogP contribution in [-0.2, 0) is 0 Å². The van der Waals surface area contributed by atoms with Gasteiger partial charge in [-0.05, 0) is 13.8 Å². The summed E-state index contributed by atoms with van der Waals surface area (Å²) in [5.74, 6) is 0.237. The Morgan fingerprint density at radius 1 is 1.70 bits per heavy atom. The summed E-state index contributed by atoms with van der Waals surface area (Å²) in [6.07, 6.45) is -1.29. The monoisotopic (exact) mass is 173 g/mol. The van der Waals surface area contributed by atoms with E-state index in [0.29, 0.717) is 0 Å². The third-order valence-electron chi connectivity index (χ3n) is 0.775. The van der Waals surface area contributed by atoms with Crippen molar-refractivity contribution in [2.24, 2.45) is 0 Å². The number of halogens is 1. The van der Waals surface area contributed by atoms with Gasteiger partial charge in [0, 0.05) is 11.4 Å². The van der Waals surface area contributed by atoms with E-state index in [9.17, 15) is 9.90 Å². The second-order valence-corrected chi connectivity index (χ2v) is 2.70. The summed E-state index contributed by atoms with van der Waals surface area (Å²) in [4.78, 5) is 9.89. The topological polar surface area (TPSA) is 52.2 Å². The van der Waals surface area contributed by atoms with Crippen molar-refractivity contribution in [2.75, 3.05) is 5.88 Å². The first kappa shape index (κ1) is 13.2. The normalized spacial score (nSPS) is 9.90. The van der Waals surface area contributed by atoms with Crippen LogP contribution in [0, 0.1) is 0 Å². The van der Waals surface area contributed by atoms with E-state index in [1.54, 1.807) is 13.8 Å². The van der Waals surface area contributed by atoms with E-state index in [4.69, 9.17) is 11.6 Å². The molecular formula is C5H9ClNNaO2. The molecule has 0 atom stereocenters. The number of carboxylic acid groups (broad SMARTS) is 1. The number of hydrogen-bond donors (Lipinski definition) is 1. The van der Waals surface area contributed by atoms with Crippen molar-refractivity contribution in [3.8, 4) is 0 Å². The van der Waals surface area contributed by atoms with Gasteiger partial charge in [-0.2, -0.15) is 0 Å². The molecule has 54 valence electrons. The fourth-order valence-corrected chi connectivity index (χ4v) is 0.377. The Morgan fingerprint density at radius 3 is 2.20 bits per heavy atom. The van der Waals surface area contributed by atoms with Crippen LogP contribution < -0.4 is 40.0 Å². The summed E-state index contributed by atoms with van der Waals surface area (Å²) in [6, 6.07) is 0. The Labute approximate surface area is 87.4 Å². The van der Waals surface area contributed by atoms with E-state index in [-0.39, 0.29) is 35.4 Å². The standard InChI is InChI=1S/C5H10ClNO2.Na/c1-5(2,3-6)7-4(8)9;/h7H,3H2,1-2H3,(H,8,9);/q;+1/p-1. The van der Waals surface area contributed by atoms with Crippen LogP contribution in [0.1, 0.15) is 13.8 Å². The zero-order chi connectivity index (χ0) is 7.49. The predicted molar refractivity (Wildman–Crippen MR) is 33.3 cm³/mol. The van der Waals surface area contributed by atoms with Crippen molar-refractivity contribution in [1.82, 2.24) is 5.32 Å². The molecule has 0 saturated heterocycles. The van der Waals surface area contributed by atoms with Gasteiger partial charge in [0.15, 0.2) is 0 Å². The second kappa shape index (κ2) is 5.24. The Kier molecular flexibility index (Phi) is 6.90. The molecule has 0 fully saturated rings. The van der Waals surface area contributed by atoms with Crippen molar-refractivity contribution in [1.29, 1.82) is 0 Å². The molecule has 0 aromatic heterocycles. The number of carbonyl (C=O) groups excluding carboxylic acids is 1. The van der Waals surface area contributed by atoms with Crippen LogP contribution in [0.4, 0.5) is 4.79 Å². The maximum Gasteiger partial charge on any atom is 1.00 e. The van der Waals surface area contributed by atoms with Crippen LogP contribution in [0.25, 0.3) is 0 Å². The molecule has 10 heavy (non-hydrogen) atoms. The van der Waals surface area contributed by atoms with Crippen molar-refractivity contribution in [2.45, 2.75) is 19.4 Å². The molecule has 0 unspecified atom stereocenters. The van der Waals surface area contributed by atoms with Gasteiger partial charge >= 0.3 is 29.6 Å². The van der Waals surface area contributed by atoms with Gasteiger partial charge in [0.1, 0.15) is 6.09 Å². The van der Waals surface area contributed by atoms with Crippen LogP contribution in [-0.4, -0.2) is 17.5 Å². The van der Waals surface area contributed by atoms with Gasteiger partial charge in [0.25, 0.3) is 0 Å². The molecule has 1 amide bonds. The predicted octanol–water partition coefficient (Wildman–Crippen LogP) is -3.06. The molecule has 0 aliphatic carbocycles. The molecule has 0 heterocycles. The van der Waals surface area contributed by atoms with E-state index < -0.39 is 11.6 Å². The second-order valence-electron chi connectivity index (χ2n) is 2.43. The number of hydrogen-bond acceptors (Lipinski definition) is 2. The Balaban J connectivity index is 0. The quantitative estimate of drug-likeness (QED) is 0.356. The molecule has 0 radical (unpaired) electrons. The molecule has 0 aromatic carbocycles. The smallest absolute Gasteiger partial charge is 0.530 e. The van der Waals surface area contributed by atoms with E-state index >= 15 is 0 Å². The van der Waals surface area contributed by atoms with E-state index in [1.165, 1.54) is 0 Å². The zero-order valence-electron chi connectivity index (χ0n) is 6.40. The molecule has 0 aromatic rings. The van der Waals surface area contributed by atoms with Crippen molar-refractivity contribution in [3.05, 3.63) is 0 Å². The summed E-state index contributed by atoms with van der Waals surface area (Å²) in [6.45, 7) is 3.35. The average Bonchev–Trinajstić information content (AvgIpc) is 1.63. The third kappa shape index (κ3) is 6.68. The Morgan fingerprint density at radius 2 is 2.10 bits per heavy atom. The minimum Gasteiger partial charge on any atom is -0.530 e. The van der Waals surface area contributed by atoms with Gasteiger partial charge in [0.2, 0.25) is 0 Å². The summed E-state index contributed by atoms with van der Waals surface area (Å²) in [5.41, 5.74) is -0.583. The molecule has 1 N–H and O–H groups in total. The molecule has 0 rings (SSSR count). The fraction of sp³-hybridized carbons (Fsp3) is 0.800. The van der Waals surface area contributed by atoms with Crippen LogP contribution in [0.2, 0.25) is 0 Å².